The van der Waals surface area contributed by atoms with Crippen LogP contribution in [0.5, 0.6) is 0 Å². The third-order valence-electron chi connectivity index (χ3n) is 15.3. The molecule has 18 heteroatoms. The number of esters is 4. The lowest BCUT2D eigenvalue weighted by Gasteiger charge is -2.43. The van der Waals surface area contributed by atoms with Gasteiger partial charge in [-0.3, -0.25) is 39.4 Å². The van der Waals surface area contributed by atoms with Crippen LogP contribution in [0, 0.1) is 20.2 Å². The number of hydrogen-bond donors (Lipinski definition) is 4. The van der Waals surface area contributed by atoms with Crippen molar-refractivity contribution in [2.24, 2.45) is 0 Å². The molecule has 464 valence electrons. The third kappa shape index (κ3) is 32.7. The summed E-state index contributed by atoms with van der Waals surface area (Å²) in [5.74, 6) is -10.7. The summed E-state index contributed by atoms with van der Waals surface area (Å²) in [6, 6.07) is 0. The van der Waals surface area contributed by atoms with Gasteiger partial charge in [-0.2, -0.15) is 0 Å². The molecular weight excluding hydrogens is 1020 g/mol. The summed E-state index contributed by atoms with van der Waals surface area (Å²) in [7, 11) is 0. The summed E-state index contributed by atoms with van der Waals surface area (Å²) >= 11 is 0. The molecule has 0 aromatic carbocycles. The smallest absolute Gasteiger partial charge is 0.423 e. The van der Waals surface area contributed by atoms with Gasteiger partial charge in [0.15, 0.2) is 0 Å². The molecule has 0 heterocycles. The quantitative estimate of drug-likeness (QED) is 0.0110. The summed E-state index contributed by atoms with van der Waals surface area (Å²) in [4.78, 5) is 78.5. The Bertz CT molecular complexity index is 1530. The van der Waals surface area contributed by atoms with Gasteiger partial charge in [-0.25, -0.2) is 0 Å². The standard InChI is InChI=1S/C61H114N2O16/c1-5-9-13-17-21-25-29-33-37-41-45-49-53(64)76-58(70)60(63(74)75,77-54(65)50-46-42-38-34-30-26-22-18-14-10-6-2)59(57(68)69,62(72)73)61(71,78-55(66)51-47-43-39-35-31-27-23-19-15-11-7-3)79-56(67)52-48-44-40-36-32-28-24-20-16-12-8-4/h57-58,68-71H,5-52H2,1-4H3. The minimum absolute atomic E-state index is 0.0250. The Labute approximate surface area is 476 Å². The molecule has 0 amide bonds. The van der Waals surface area contributed by atoms with E-state index in [1.165, 1.54) is 51.4 Å². The van der Waals surface area contributed by atoms with Crippen molar-refractivity contribution >= 4 is 23.9 Å². The number of rotatable bonds is 58. The number of hydrogen-bond acceptors (Lipinski definition) is 16. The Morgan fingerprint density at radius 3 is 0.785 bits per heavy atom. The summed E-state index contributed by atoms with van der Waals surface area (Å²) in [5, 5.41) is 74.2. The van der Waals surface area contributed by atoms with Crippen molar-refractivity contribution in [2.75, 3.05) is 0 Å². The van der Waals surface area contributed by atoms with Crippen LogP contribution >= 0.6 is 0 Å². The van der Waals surface area contributed by atoms with Gasteiger partial charge >= 0.3 is 47.4 Å². The van der Waals surface area contributed by atoms with Crippen molar-refractivity contribution in [1.29, 1.82) is 0 Å². The van der Waals surface area contributed by atoms with E-state index < -0.39 is 89.2 Å². The van der Waals surface area contributed by atoms with E-state index >= 15 is 0 Å². The normalized spacial score (nSPS) is 13.6. The summed E-state index contributed by atoms with van der Waals surface area (Å²) < 4.78 is 20.6. The van der Waals surface area contributed by atoms with Crippen LogP contribution in [0.15, 0.2) is 0 Å². The van der Waals surface area contributed by atoms with E-state index in [9.17, 15) is 59.8 Å². The van der Waals surface area contributed by atoms with Crippen molar-refractivity contribution in [3.8, 4) is 0 Å². The highest BCUT2D eigenvalue weighted by Gasteiger charge is 2.95. The fraction of sp³-hybridized carbons (Fsp3) is 0.934. The number of nitrogens with zero attached hydrogens (tertiary/aromatic N) is 2. The molecule has 0 bridgehead atoms. The molecule has 0 radical (unpaired) electrons. The van der Waals surface area contributed by atoms with Gasteiger partial charge < -0.3 is 39.4 Å². The van der Waals surface area contributed by atoms with Gasteiger partial charge in [-0.05, 0) is 25.7 Å². The summed E-state index contributed by atoms with van der Waals surface area (Å²) in [6.07, 6.45) is 29.5. The van der Waals surface area contributed by atoms with Gasteiger partial charge in [0.25, 0.3) is 0 Å². The van der Waals surface area contributed by atoms with Gasteiger partial charge in [-0.15, -0.1) is 0 Å². The fourth-order valence-electron chi connectivity index (χ4n) is 10.3. The second kappa shape index (κ2) is 49.2. The Morgan fingerprint density at radius 1 is 0.354 bits per heavy atom. The first-order valence-electron chi connectivity index (χ1n) is 32.0. The molecule has 0 fully saturated rings. The van der Waals surface area contributed by atoms with Crippen molar-refractivity contribution in [3.05, 3.63) is 20.2 Å². The van der Waals surface area contributed by atoms with Crippen molar-refractivity contribution in [3.63, 3.8) is 0 Å². The average molecular weight is 1130 g/mol. The van der Waals surface area contributed by atoms with Crippen molar-refractivity contribution in [1.82, 2.24) is 0 Å². The van der Waals surface area contributed by atoms with E-state index in [0.29, 0.717) is 44.9 Å². The molecule has 4 N–H and O–H groups in total. The van der Waals surface area contributed by atoms with Gasteiger partial charge in [-0.1, -0.05) is 285 Å². The molecule has 0 saturated carbocycles. The number of unbranched alkanes of at least 4 members (excludes halogenated alkanes) is 40. The maximum Gasteiger partial charge on any atom is 0.513 e. The van der Waals surface area contributed by atoms with Gasteiger partial charge in [0, 0.05) is 25.7 Å². The largest absolute Gasteiger partial charge is 0.513 e. The summed E-state index contributed by atoms with van der Waals surface area (Å²) in [6.45, 7) is 8.61. The number of carbonyl (C=O) groups excluding carboxylic acids is 4. The third-order valence-corrected chi connectivity index (χ3v) is 15.3. The molecule has 0 aliphatic rings. The highest BCUT2D eigenvalue weighted by Crippen LogP contribution is 2.46. The minimum Gasteiger partial charge on any atom is -0.423 e. The summed E-state index contributed by atoms with van der Waals surface area (Å²) in [5.41, 5.74) is -9.67. The average Bonchev–Trinajstić information content (AvgIpc) is 3.55. The zero-order valence-electron chi connectivity index (χ0n) is 50.2. The van der Waals surface area contributed by atoms with Crippen LogP contribution in [0.1, 0.15) is 336 Å². The molecule has 0 spiro atoms. The van der Waals surface area contributed by atoms with Crippen LogP contribution in [0.25, 0.3) is 0 Å². The van der Waals surface area contributed by atoms with Crippen LogP contribution in [0.3, 0.4) is 0 Å². The molecule has 0 rings (SSSR count). The maximum atomic E-state index is 13.9. The lowest BCUT2D eigenvalue weighted by atomic mass is 9.81. The Balaban J connectivity index is 6.90. The van der Waals surface area contributed by atoms with Crippen LogP contribution in [-0.4, -0.2) is 84.0 Å². The fourth-order valence-corrected chi connectivity index (χ4v) is 10.3. The number of carbonyl (C=O) groups is 4. The molecule has 3 unspecified atom stereocenters. The first-order chi connectivity index (χ1) is 38.1. The van der Waals surface area contributed by atoms with E-state index in [4.69, 9.17) is 18.9 Å². The van der Waals surface area contributed by atoms with Gasteiger partial charge in [0.2, 0.25) is 6.29 Å². The predicted molar refractivity (Wildman–Crippen MR) is 307 cm³/mol. The zero-order valence-corrected chi connectivity index (χ0v) is 50.2. The lowest BCUT2D eigenvalue weighted by Crippen LogP contribution is -2.84. The number of aliphatic hydroxyl groups excluding tert-OH is 2. The van der Waals surface area contributed by atoms with Crippen LogP contribution < -0.4 is 0 Å². The first kappa shape index (κ1) is 75.5. The first-order valence-corrected chi connectivity index (χ1v) is 32.0. The van der Waals surface area contributed by atoms with Crippen LogP contribution in [0.4, 0.5) is 0 Å². The van der Waals surface area contributed by atoms with E-state index in [2.05, 4.69) is 27.7 Å². The molecule has 3 atom stereocenters. The van der Waals surface area contributed by atoms with E-state index in [1.807, 2.05) is 0 Å². The number of ether oxygens (including phenoxy) is 4. The Kier molecular flexibility index (Phi) is 47.0. The minimum atomic E-state index is -4.92. The molecular formula is C61H114N2O16. The topological polar surface area (TPSA) is 272 Å². The maximum absolute atomic E-state index is 13.9. The second-order valence-electron chi connectivity index (χ2n) is 22.3. The van der Waals surface area contributed by atoms with Gasteiger partial charge in [0.05, 0.1) is 9.85 Å². The molecule has 18 nitrogen and oxygen atoms in total. The van der Waals surface area contributed by atoms with Crippen LogP contribution in [-0.2, 0) is 38.1 Å². The molecule has 0 aromatic heterocycles. The molecule has 0 aliphatic heterocycles. The monoisotopic (exact) mass is 1130 g/mol. The van der Waals surface area contributed by atoms with Crippen molar-refractivity contribution < 1.29 is 68.4 Å². The predicted octanol–water partition coefficient (Wildman–Crippen LogP) is 15.2. The van der Waals surface area contributed by atoms with Gasteiger partial charge in [0.1, 0.15) is 0 Å². The zero-order chi connectivity index (χ0) is 58.9. The van der Waals surface area contributed by atoms with Crippen molar-refractivity contribution in [2.45, 2.75) is 366 Å². The second-order valence-corrected chi connectivity index (χ2v) is 22.3. The Hall–Kier alpha value is -3.48. The van der Waals surface area contributed by atoms with E-state index in [0.717, 1.165) is 161 Å². The molecule has 0 aromatic rings. The lowest BCUT2D eigenvalue weighted by molar-refractivity contribution is -0.779. The highest BCUT2D eigenvalue weighted by atomic mass is 16.9. The number of nitro groups is 2. The van der Waals surface area contributed by atoms with Crippen LogP contribution in [0.2, 0.25) is 0 Å². The Morgan fingerprint density at radius 2 is 0.570 bits per heavy atom. The SMILES string of the molecule is CCCCCCCCCCCCCC(=O)OC(O)C(OC(=O)CCCCCCCCCCCCC)([N+](=O)[O-])C(C(O)O)([N+](=O)[O-])C(O)(OC(=O)CCCCCCCCCCCCC)OC(=O)CCCCCCCCCCCCC. The van der Waals surface area contributed by atoms with E-state index in [-0.39, 0.29) is 25.7 Å². The molecule has 0 saturated heterocycles. The van der Waals surface area contributed by atoms with E-state index in [1.54, 1.807) is 0 Å². The highest BCUT2D eigenvalue weighted by molar-refractivity contribution is 5.73. The number of aliphatic hydroxyl groups is 4. The molecule has 79 heavy (non-hydrogen) atoms. The molecule has 0 aliphatic carbocycles.